The largest absolute Gasteiger partial charge is 0.472 e. The fourth-order valence-electron chi connectivity index (χ4n) is 5.94. The Morgan fingerprint density at radius 1 is 0.569 bits per heavy atom. The van der Waals surface area contributed by atoms with Crippen LogP contribution in [0.5, 0.6) is 0 Å². The summed E-state index contributed by atoms with van der Waals surface area (Å²) in [6.07, 6.45) is 46.8. The number of esters is 2. The van der Waals surface area contributed by atoms with E-state index in [1.807, 2.05) is 12.2 Å². The lowest BCUT2D eigenvalue weighted by Crippen LogP contribution is -2.29. The number of allylic oxidation sites excluding steroid dienone is 10. The topological polar surface area (TPSA) is 151 Å². The van der Waals surface area contributed by atoms with E-state index in [9.17, 15) is 23.8 Å². The smallest absolute Gasteiger partial charge is 0.462 e. The van der Waals surface area contributed by atoms with Gasteiger partial charge in [-0.1, -0.05) is 158 Å². The maximum Gasteiger partial charge on any atom is 0.472 e. The maximum absolute atomic E-state index is 12.6. The van der Waals surface area contributed by atoms with Crippen LogP contribution < -0.4 is 5.73 Å². The zero-order chi connectivity index (χ0) is 42.6. The summed E-state index contributed by atoms with van der Waals surface area (Å²) in [4.78, 5) is 47.1. The molecule has 0 aromatic carbocycles. The van der Waals surface area contributed by atoms with Crippen molar-refractivity contribution in [1.29, 1.82) is 0 Å². The first-order valence-corrected chi connectivity index (χ1v) is 24.2. The first kappa shape index (κ1) is 55.4. The number of phosphoric ester groups is 1. The Bertz CT molecular complexity index is 1200. The molecule has 58 heavy (non-hydrogen) atoms. The summed E-state index contributed by atoms with van der Waals surface area (Å²) >= 11 is 0. The minimum Gasteiger partial charge on any atom is -0.462 e. The highest BCUT2D eigenvalue weighted by Crippen LogP contribution is 2.43. The van der Waals surface area contributed by atoms with Gasteiger partial charge in [-0.15, -0.1) is 0 Å². The average Bonchev–Trinajstić information content (AvgIpc) is 3.20. The Hall–Kier alpha value is -2.62. The third-order valence-electron chi connectivity index (χ3n) is 9.35. The van der Waals surface area contributed by atoms with E-state index in [1.54, 1.807) is 6.08 Å². The highest BCUT2D eigenvalue weighted by Gasteiger charge is 2.26. The molecule has 0 aliphatic heterocycles. The maximum atomic E-state index is 12.6. The Balaban J connectivity index is 4.30. The van der Waals surface area contributed by atoms with Crippen molar-refractivity contribution in [2.75, 3.05) is 26.4 Å². The summed E-state index contributed by atoms with van der Waals surface area (Å²) in [5.74, 6) is -1.21. The molecule has 11 heteroatoms. The number of carbonyl (C=O) groups is 3. The highest BCUT2D eigenvalue weighted by atomic mass is 31.2. The molecule has 0 aliphatic carbocycles. The van der Waals surface area contributed by atoms with Crippen LogP contribution in [0.25, 0.3) is 0 Å². The van der Waals surface area contributed by atoms with Gasteiger partial charge in [-0.2, -0.15) is 0 Å². The molecule has 0 radical (unpaired) electrons. The van der Waals surface area contributed by atoms with E-state index >= 15 is 0 Å². The van der Waals surface area contributed by atoms with E-state index in [2.05, 4.69) is 50.3 Å². The predicted molar refractivity (Wildman–Crippen MR) is 238 cm³/mol. The minimum atomic E-state index is -4.45. The van der Waals surface area contributed by atoms with Gasteiger partial charge < -0.3 is 20.1 Å². The fraction of sp³-hybridized carbons (Fsp3) is 0.723. The monoisotopic (exact) mass is 836 g/mol. The normalized spacial score (nSPS) is 13.7. The molecule has 0 heterocycles. The zero-order valence-corrected chi connectivity index (χ0v) is 37.4. The van der Waals surface area contributed by atoms with Crippen molar-refractivity contribution in [1.82, 2.24) is 0 Å². The SMILES string of the molecule is CCCCC/C=C\C/C=C\C/C=C\C=C\C(=O)CCCC(=O)O[C@H](COC(=O)CCCCCCCCCCC/C=C\CCCCCCCC)COP(=O)(O)OCCN. The van der Waals surface area contributed by atoms with Gasteiger partial charge in [0.1, 0.15) is 6.61 Å². The van der Waals surface area contributed by atoms with Crippen molar-refractivity contribution >= 4 is 25.5 Å². The summed E-state index contributed by atoms with van der Waals surface area (Å²) in [6, 6.07) is 0. The van der Waals surface area contributed by atoms with Gasteiger partial charge in [-0.3, -0.25) is 23.4 Å². The van der Waals surface area contributed by atoms with Gasteiger partial charge in [0.05, 0.1) is 13.2 Å². The van der Waals surface area contributed by atoms with Crippen LogP contribution in [0, 0.1) is 0 Å². The second-order valence-corrected chi connectivity index (χ2v) is 16.4. The first-order chi connectivity index (χ1) is 28.2. The van der Waals surface area contributed by atoms with Crippen LogP contribution in [-0.2, 0) is 37.5 Å². The van der Waals surface area contributed by atoms with E-state index in [0.29, 0.717) is 6.42 Å². The number of ketones is 1. The molecule has 10 nitrogen and oxygen atoms in total. The van der Waals surface area contributed by atoms with E-state index in [1.165, 1.54) is 109 Å². The van der Waals surface area contributed by atoms with Gasteiger partial charge in [-0.05, 0) is 70.3 Å². The van der Waals surface area contributed by atoms with Crippen LogP contribution in [0.1, 0.15) is 187 Å². The van der Waals surface area contributed by atoms with Crippen LogP contribution in [-0.4, -0.2) is 55.1 Å². The number of ether oxygens (including phenoxy) is 2. The molecular weight excluding hydrogens is 753 g/mol. The van der Waals surface area contributed by atoms with Crippen LogP contribution in [0.4, 0.5) is 0 Å². The van der Waals surface area contributed by atoms with Crippen molar-refractivity contribution in [3.8, 4) is 0 Å². The number of hydrogen-bond donors (Lipinski definition) is 2. The lowest BCUT2D eigenvalue weighted by atomic mass is 10.1. The average molecular weight is 836 g/mol. The predicted octanol–water partition coefficient (Wildman–Crippen LogP) is 12.5. The molecular formula is C47H82NO9P. The lowest BCUT2D eigenvalue weighted by molar-refractivity contribution is -0.161. The number of hydrogen-bond acceptors (Lipinski definition) is 9. The van der Waals surface area contributed by atoms with Gasteiger partial charge in [0.25, 0.3) is 0 Å². The molecule has 2 atom stereocenters. The molecule has 0 spiro atoms. The Kier molecular flexibility index (Phi) is 40.6. The molecule has 0 rings (SSSR count). The molecule has 3 N–H and O–H groups in total. The third kappa shape index (κ3) is 41.5. The van der Waals surface area contributed by atoms with Crippen molar-refractivity contribution in [2.45, 2.75) is 193 Å². The van der Waals surface area contributed by atoms with Crippen molar-refractivity contribution in [3.05, 3.63) is 60.8 Å². The highest BCUT2D eigenvalue weighted by molar-refractivity contribution is 7.47. The van der Waals surface area contributed by atoms with E-state index < -0.39 is 32.5 Å². The number of rotatable bonds is 42. The Morgan fingerprint density at radius 2 is 1.07 bits per heavy atom. The van der Waals surface area contributed by atoms with Gasteiger partial charge in [0.15, 0.2) is 11.9 Å². The molecule has 0 aromatic heterocycles. The van der Waals surface area contributed by atoms with E-state index in [-0.39, 0.29) is 51.2 Å². The van der Waals surface area contributed by atoms with Gasteiger partial charge in [0, 0.05) is 25.8 Å². The molecule has 0 saturated carbocycles. The van der Waals surface area contributed by atoms with Gasteiger partial charge >= 0.3 is 19.8 Å². The molecule has 0 bridgehead atoms. The van der Waals surface area contributed by atoms with Crippen molar-refractivity contribution in [3.63, 3.8) is 0 Å². The van der Waals surface area contributed by atoms with Crippen LogP contribution in [0.3, 0.4) is 0 Å². The second kappa shape index (κ2) is 42.5. The summed E-state index contributed by atoms with van der Waals surface area (Å²) in [5.41, 5.74) is 5.33. The Labute approximate surface area is 353 Å². The van der Waals surface area contributed by atoms with Crippen molar-refractivity contribution in [2.24, 2.45) is 5.73 Å². The summed E-state index contributed by atoms with van der Waals surface area (Å²) in [6.45, 7) is 3.42. The zero-order valence-electron chi connectivity index (χ0n) is 36.5. The quantitative estimate of drug-likeness (QED) is 0.0152. The number of carbonyl (C=O) groups excluding carboxylic acids is 3. The molecule has 1 unspecified atom stereocenters. The molecule has 0 aromatic rings. The number of phosphoric acid groups is 1. The summed E-state index contributed by atoms with van der Waals surface area (Å²) in [7, 11) is -4.45. The van der Waals surface area contributed by atoms with Crippen LogP contribution in [0.15, 0.2) is 60.8 Å². The Morgan fingerprint density at radius 3 is 1.69 bits per heavy atom. The third-order valence-corrected chi connectivity index (χ3v) is 10.3. The molecule has 0 amide bonds. The first-order valence-electron chi connectivity index (χ1n) is 22.7. The molecule has 334 valence electrons. The van der Waals surface area contributed by atoms with Crippen molar-refractivity contribution < 1.29 is 42.4 Å². The minimum absolute atomic E-state index is 0.0142. The number of unbranched alkanes of at least 4 members (excludes halogenated alkanes) is 18. The van der Waals surface area contributed by atoms with E-state index in [0.717, 1.165) is 38.5 Å². The lowest BCUT2D eigenvalue weighted by Gasteiger charge is -2.19. The van der Waals surface area contributed by atoms with Gasteiger partial charge in [-0.25, -0.2) is 4.57 Å². The van der Waals surface area contributed by atoms with E-state index in [4.69, 9.17) is 24.3 Å². The fourth-order valence-corrected chi connectivity index (χ4v) is 6.70. The summed E-state index contributed by atoms with van der Waals surface area (Å²) in [5, 5.41) is 0. The molecule has 0 aliphatic rings. The van der Waals surface area contributed by atoms with Crippen LogP contribution in [0.2, 0.25) is 0 Å². The second-order valence-electron chi connectivity index (χ2n) is 14.9. The van der Waals surface area contributed by atoms with Gasteiger partial charge in [0.2, 0.25) is 0 Å². The van der Waals surface area contributed by atoms with Crippen LogP contribution >= 0.6 is 7.82 Å². The molecule has 0 fully saturated rings. The number of nitrogens with two attached hydrogens (primary N) is 1. The standard InChI is InChI=1S/C47H82NO9P/c1-3-5-7-9-11-13-15-17-18-19-20-21-22-24-26-28-30-32-34-38-46(50)54-42-45(43-56-58(52,53)55-41-40-48)57-47(51)39-35-37-44(49)36-33-31-29-27-25-23-16-14-12-10-8-6-4-2/h12,14,17-18,23,25,29,31,33,36,45H,3-11,13,15-16,19-22,24,26-28,30,32,34-35,37-43,48H2,1-2H3,(H,52,53)/b14-12-,18-17-,25-23-,31-29-,36-33+/t45-/m1/s1. The molecule has 0 saturated heterocycles. The summed E-state index contributed by atoms with van der Waals surface area (Å²) < 4.78 is 32.6.